The fraction of sp³-hybridized carbons (Fsp3) is 0.273. The molecule has 0 aliphatic heterocycles. The molecule has 76 valence electrons. The summed E-state index contributed by atoms with van der Waals surface area (Å²) in [5.74, 6) is 0. The highest BCUT2D eigenvalue weighted by Crippen LogP contribution is 2.38. The molecule has 0 radical (unpaired) electrons. The molecule has 1 aliphatic carbocycles. The van der Waals surface area contributed by atoms with Crippen LogP contribution in [0, 0.1) is 0 Å². The van der Waals surface area contributed by atoms with E-state index in [1.54, 1.807) is 12.4 Å². The van der Waals surface area contributed by atoms with Gasteiger partial charge >= 0.3 is 0 Å². The maximum Gasteiger partial charge on any atom is 0.0707 e. The fourth-order valence-corrected chi connectivity index (χ4v) is 1.78. The van der Waals surface area contributed by atoms with Crippen molar-refractivity contribution in [2.45, 2.75) is 18.9 Å². The van der Waals surface area contributed by atoms with Crippen LogP contribution in [-0.4, -0.2) is 14.8 Å². The van der Waals surface area contributed by atoms with E-state index in [1.807, 2.05) is 18.3 Å². The summed E-state index contributed by atoms with van der Waals surface area (Å²) in [5.41, 5.74) is 8.72. The zero-order chi connectivity index (χ0) is 10.3. The molecule has 0 amide bonds. The maximum absolute atomic E-state index is 5.90. The van der Waals surface area contributed by atoms with Crippen molar-refractivity contribution in [3.63, 3.8) is 0 Å². The van der Waals surface area contributed by atoms with Crippen molar-refractivity contribution < 1.29 is 0 Å². The van der Waals surface area contributed by atoms with Crippen LogP contribution in [0.5, 0.6) is 0 Å². The molecule has 1 fully saturated rings. The summed E-state index contributed by atoms with van der Waals surface area (Å²) in [6, 6.07) is 4.51. The standard InChI is InChI=1S/C11H12N4/c12-10-7-13-5-3-9(10)11-4-6-14-15(11)8-1-2-8/h3-8H,1-2,12H2. The Morgan fingerprint density at radius 1 is 1.27 bits per heavy atom. The summed E-state index contributed by atoms with van der Waals surface area (Å²) in [6.45, 7) is 0. The topological polar surface area (TPSA) is 56.7 Å². The van der Waals surface area contributed by atoms with E-state index in [2.05, 4.69) is 14.8 Å². The third kappa shape index (κ3) is 1.38. The predicted octanol–water partition coefficient (Wildman–Crippen LogP) is 1.86. The second kappa shape index (κ2) is 3.08. The van der Waals surface area contributed by atoms with Crippen LogP contribution in [0.1, 0.15) is 18.9 Å². The SMILES string of the molecule is Nc1cnccc1-c1ccnn1C1CC1. The summed E-state index contributed by atoms with van der Waals surface area (Å²) < 4.78 is 2.06. The van der Waals surface area contributed by atoms with Crippen molar-refractivity contribution in [3.05, 3.63) is 30.7 Å². The number of nitrogen functional groups attached to an aromatic ring is 1. The highest BCUT2D eigenvalue weighted by molar-refractivity contribution is 5.72. The first-order valence-electron chi connectivity index (χ1n) is 5.09. The Labute approximate surface area is 87.7 Å². The molecule has 0 saturated heterocycles. The van der Waals surface area contributed by atoms with Crippen molar-refractivity contribution in [1.29, 1.82) is 0 Å². The van der Waals surface area contributed by atoms with Crippen molar-refractivity contribution in [3.8, 4) is 11.3 Å². The Kier molecular flexibility index (Phi) is 1.74. The zero-order valence-electron chi connectivity index (χ0n) is 8.30. The van der Waals surface area contributed by atoms with Crippen molar-refractivity contribution in [2.24, 2.45) is 0 Å². The molecule has 0 spiro atoms. The minimum atomic E-state index is 0.572. The number of anilines is 1. The molecule has 4 heteroatoms. The first kappa shape index (κ1) is 8.47. The van der Waals surface area contributed by atoms with Gasteiger partial charge in [0.1, 0.15) is 0 Å². The van der Waals surface area contributed by atoms with Crippen LogP contribution < -0.4 is 5.73 Å². The number of nitrogens with two attached hydrogens (primary N) is 1. The van der Waals surface area contributed by atoms with Crippen molar-refractivity contribution in [2.75, 3.05) is 5.73 Å². The van der Waals surface area contributed by atoms with Gasteiger partial charge in [-0.1, -0.05) is 0 Å². The van der Waals surface area contributed by atoms with Crippen LogP contribution in [0.25, 0.3) is 11.3 Å². The van der Waals surface area contributed by atoms with Crippen LogP contribution in [0.15, 0.2) is 30.7 Å². The van der Waals surface area contributed by atoms with Gasteiger partial charge in [-0.15, -0.1) is 0 Å². The van der Waals surface area contributed by atoms with Gasteiger partial charge in [0.2, 0.25) is 0 Å². The average molecular weight is 200 g/mol. The van der Waals surface area contributed by atoms with Crippen molar-refractivity contribution >= 4 is 5.69 Å². The lowest BCUT2D eigenvalue weighted by molar-refractivity contribution is 0.649. The Hall–Kier alpha value is -1.84. The third-order valence-corrected chi connectivity index (χ3v) is 2.69. The van der Waals surface area contributed by atoms with Gasteiger partial charge in [-0.3, -0.25) is 9.67 Å². The molecule has 0 bridgehead atoms. The lowest BCUT2D eigenvalue weighted by atomic mass is 10.1. The second-order valence-corrected chi connectivity index (χ2v) is 3.86. The molecule has 2 N–H and O–H groups in total. The molecule has 2 aromatic rings. The molecule has 0 unspecified atom stereocenters. The smallest absolute Gasteiger partial charge is 0.0707 e. The molecule has 0 aromatic carbocycles. The molecule has 3 rings (SSSR count). The van der Waals surface area contributed by atoms with E-state index < -0.39 is 0 Å². The fourth-order valence-electron chi connectivity index (χ4n) is 1.78. The normalized spacial score (nSPS) is 15.5. The molecule has 2 aromatic heterocycles. The van der Waals surface area contributed by atoms with Gasteiger partial charge in [0.25, 0.3) is 0 Å². The summed E-state index contributed by atoms with van der Waals surface area (Å²) >= 11 is 0. The van der Waals surface area contributed by atoms with Gasteiger partial charge in [-0.05, 0) is 25.0 Å². The molecular formula is C11H12N4. The highest BCUT2D eigenvalue weighted by atomic mass is 15.3. The zero-order valence-corrected chi connectivity index (χ0v) is 8.30. The van der Waals surface area contributed by atoms with Crippen LogP contribution in [-0.2, 0) is 0 Å². The molecule has 4 nitrogen and oxygen atoms in total. The van der Waals surface area contributed by atoms with E-state index in [1.165, 1.54) is 12.8 Å². The van der Waals surface area contributed by atoms with E-state index >= 15 is 0 Å². The number of pyridine rings is 1. The first-order chi connectivity index (χ1) is 7.36. The van der Waals surface area contributed by atoms with Gasteiger partial charge < -0.3 is 5.73 Å². The van der Waals surface area contributed by atoms with Crippen molar-refractivity contribution in [1.82, 2.24) is 14.8 Å². The van der Waals surface area contributed by atoms with E-state index in [-0.39, 0.29) is 0 Å². The van der Waals surface area contributed by atoms with E-state index in [9.17, 15) is 0 Å². The van der Waals surface area contributed by atoms with Gasteiger partial charge in [-0.2, -0.15) is 5.10 Å². The van der Waals surface area contributed by atoms with Crippen LogP contribution >= 0.6 is 0 Å². The molecule has 2 heterocycles. The number of aromatic nitrogens is 3. The van der Waals surface area contributed by atoms with Gasteiger partial charge in [0.05, 0.1) is 23.6 Å². The van der Waals surface area contributed by atoms with Crippen LogP contribution in [0.3, 0.4) is 0 Å². The van der Waals surface area contributed by atoms with E-state index in [4.69, 9.17) is 5.73 Å². The Morgan fingerprint density at radius 2 is 2.13 bits per heavy atom. The number of rotatable bonds is 2. The monoisotopic (exact) mass is 200 g/mol. The Morgan fingerprint density at radius 3 is 2.87 bits per heavy atom. The number of hydrogen-bond donors (Lipinski definition) is 1. The Bertz CT molecular complexity index is 485. The second-order valence-electron chi connectivity index (χ2n) is 3.86. The minimum Gasteiger partial charge on any atom is -0.397 e. The highest BCUT2D eigenvalue weighted by Gasteiger charge is 2.26. The largest absolute Gasteiger partial charge is 0.397 e. The first-order valence-corrected chi connectivity index (χ1v) is 5.09. The summed E-state index contributed by atoms with van der Waals surface area (Å²) in [6.07, 6.45) is 7.71. The third-order valence-electron chi connectivity index (χ3n) is 2.69. The molecule has 15 heavy (non-hydrogen) atoms. The molecule has 1 aliphatic rings. The summed E-state index contributed by atoms with van der Waals surface area (Å²) in [4.78, 5) is 3.99. The van der Waals surface area contributed by atoms with Gasteiger partial charge in [-0.25, -0.2) is 0 Å². The Balaban J connectivity index is 2.12. The number of nitrogens with zero attached hydrogens (tertiary/aromatic N) is 3. The molecule has 1 saturated carbocycles. The minimum absolute atomic E-state index is 0.572. The van der Waals surface area contributed by atoms with E-state index in [0.29, 0.717) is 11.7 Å². The maximum atomic E-state index is 5.90. The molecule has 0 atom stereocenters. The quantitative estimate of drug-likeness (QED) is 0.805. The average Bonchev–Trinajstić information content (AvgIpc) is 2.98. The predicted molar refractivity (Wildman–Crippen MR) is 58.1 cm³/mol. The van der Waals surface area contributed by atoms with Crippen LogP contribution in [0.2, 0.25) is 0 Å². The van der Waals surface area contributed by atoms with Crippen LogP contribution in [0.4, 0.5) is 5.69 Å². The molecular weight excluding hydrogens is 188 g/mol. The summed E-state index contributed by atoms with van der Waals surface area (Å²) in [5, 5.41) is 4.34. The number of hydrogen-bond acceptors (Lipinski definition) is 3. The lowest BCUT2D eigenvalue weighted by Crippen LogP contribution is -2.00. The van der Waals surface area contributed by atoms with Gasteiger partial charge in [0.15, 0.2) is 0 Å². The summed E-state index contributed by atoms with van der Waals surface area (Å²) in [7, 11) is 0. The van der Waals surface area contributed by atoms with Gasteiger partial charge in [0, 0.05) is 18.0 Å². The van der Waals surface area contributed by atoms with E-state index in [0.717, 1.165) is 11.3 Å². The lowest BCUT2D eigenvalue weighted by Gasteiger charge is -2.07.